The highest BCUT2D eigenvalue weighted by Gasteiger charge is 1.97. The van der Waals surface area contributed by atoms with Crippen molar-refractivity contribution < 1.29 is 9.47 Å². The van der Waals surface area contributed by atoms with E-state index in [0.29, 0.717) is 31.5 Å². The molecule has 0 spiro atoms. The zero-order valence-corrected chi connectivity index (χ0v) is 7.78. The Hall–Kier alpha value is -0.390. The second kappa shape index (κ2) is 6.16. The lowest BCUT2D eigenvalue weighted by atomic mass is 10.6. The maximum atomic E-state index is 5.24. The van der Waals surface area contributed by atoms with Gasteiger partial charge in [0.15, 0.2) is 5.11 Å². The summed E-state index contributed by atoms with van der Waals surface area (Å²) in [6.07, 6.45) is 0. The lowest BCUT2D eigenvalue weighted by molar-refractivity contribution is 0.0534. The quantitative estimate of drug-likeness (QED) is 0.504. The molecule has 12 heavy (non-hydrogen) atoms. The van der Waals surface area contributed by atoms with Crippen molar-refractivity contribution in [1.82, 2.24) is 10.6 Å². The Kier molecular flexibility index (Phi) is 4.98. The number of hydrogen-bond acceptors (Lipinski definition) is 3. The third-order valence-corrected chi connectivity index (χ3v) is 1.72. The van der Waals surface area contributed by atoms with E-state index in [1.807, 2.05) is 0 Å². The third kappa shape index (κ3) is 4.48. The van der Waals surface area contributed by atoms with Crippen molar-refractivity contribution in [2.24, 2.45) is 0 Å². The van der Waals surface area contributed by atoms with Crippen LogP contribution in [0, 0.1) is 0 Å². The fourth-order valence-corrected chi connectivity index (χ4v) is 1.06. The van der Waals surface area contributed by atoms with Crippen molar-refractivity contribution >= 4 is 17.3 Å². The number of thiocarbonyl (C=S) groups is 1. The van der Waals surface area contributed by atoms with Gasteiger partial charge in [-0.25, -0.2) is 0 Å². The average molecular weight is 190 g/mol. The summed E-state index contributed by atoms with van der Waals surface area (Å²) in [5.74, 6) is 0. The van der Waals surface area contributed by atoms with Gasteiger partial charge in [0.25, 0.3) is 0 Å². The Balaban J connectivity index is 2.17. The van der Waals surface area contributed by atoms with Crippen LogP contribution < -0.4 is 10.6 Å². The molecule has 0 aromatic rings. The van der Waals surface area contributed by atoms with Gasteiger partial charge in [-0.2, -0.15) is 0 Å². The maximum absolute atomic E-state index is 5.24. The summed E-state index contributed by atoms with van der Waals surface area (Å²) in [6, 6.07) is 0. The first kappa shape index (κ1) is 9.70. The van der Waals surface area contributed by atoms with Crippen LogP contribution in [0.4, 0.5) is 0 Å². The van der Waals surface area contributed by atoms with Crippen molar-refractivity contribution in [3.63, 3.8) is 0 Å². The Morgan fingerprint density at radius 3 is 1.92 bits per heavy atom. The number of hydrogen-bond donors (Lipinski definition) is 2. The lowest BCUT2D eigenvalue weighted by Gasteiger charge is -2.07. The first-order valence-electron chi connectivity index (χ1n) is 4.07. The monoisotopic (exact) mass is 190 g/mol. The van der Waals surface area contributed by atoms with Gasteiger partial charge in [0, 0.05) is 13.1 Å². The Morgan fingerprint density at radius 2 is 1.42 bits per heavy atom. The molecule has 0 aromatic heterocycles. The highest BCUT2D eigenvalue weighted by Crippen LogP contribution is 1.80. The van der Waals surface area contributed by atoms with Crippen molar-refractivity contribution in [3.05, 3.63) is 0 Å². The normalized spacial score (nSPS) is 21.8. The molecule has 1 heterocycles. The standard InChI is InChI=1S/C7H14N2O2S/c12-7-8-1-3-10-5-6-11-4-2-9-7/h1-6H2,(H2,8,9,12). The van der Waals surface area contributed by atoms with Gasteiger partial charge >= 0.3 is 0 Å². The summed E-state index contributed by atoms with van der Waals surface area (Å²) in [6.45, 7) is 4.18. The lowest BCUT2D eigenvalue weighted by Crippen LogP contribution is -2.38. The van der Waals surface area contributed by atoms with Crippen LogP contribution in [0.5, 0.6) is 0 Å². The van der Waals surface area contributed by atoms with E-state index in [1.54, 1.807) is 0 Å². The Bertz CT molecular complexity index is 129. The van der Waals surface area contributed by atoms with Crippen molar-refractivity contribution in [1.29, 1.82) is 0 Å². The van der Waals surface area contributed by atoms with Gasteiger partial charge in [-0.15, -0.1) is 0 Å². The van der Waals surface area contributed by atoms with E-state index in [2.05, 4.69) is 10.6 Å². The van der Waals surface area contributed by atoms with Crippen LogP contribution in [0.15, 0.2) is 0 Å². The predicted octanol–water partition coefficient (Wildman–Crippen LogP) is -0.503. The molecule has 1 rings (SSSR count). The SMILES string of the molecule is S=C1NCCOCCOCCN1. The molecule has 0 aliphatic carbocycles. The second-order valence-corrected chi connectivity index (χ2v) is 2.82. The van der Waals surface area contributed by atoms with Gasteiger partial charge in [0.1, 0.15) is 0 Å². The summed E-state index contributed by atoms with van der Waals surface area (Å²) >= 11 is 4.97. The molecule has 0 unspecified atom stereocenters. The zero-order chi connectivity index (χ0) is 8.65. The third-order valence-electron chi connectivity index (χ3n) is 1.44. The van der Waals surface area contributed by atoms with Crippen molar-refractivity contribution in [2.45, 2.75) is 0 Å². The van der Waals surface area contributed by atoms with E-state index < -0.39 is 0 Å². The molecule has 1 saturated heterocycles. The number of rotatable bonds is 0. The largest absolute Gasteiger partial charge is 0.377 e. The molecule has 1 aliphatic heterocycles. The summed E-state index contributed by atoms with van der Waals surface area (Å²) in [7, 11) is 0. The molecule has 0 radical (unpaired) electrons. The molecule has 0 bridgehead atoms. The van der Waals surface area contributed by atoms with Gasteiger partial charge < -0.3 is 20.1 Å². The molecule has 2 N–H and O–H groups in total. The molecule has 70 valence electrons. The fraction of sp³-hybridized carbons (Fsp3) is 0.857. The molecular weight excluding hydrogens is 176 g/mol. The maximum Gasteiger partial charge on any atom is 0.166 e. The highest BCUT2D eigenvalue weighted by atomic mass is 32.1. The topological polar surface area (TPSA) is 42.5 Å². The summed E-state index contributed by atoms with van der Waals surface area (Å²) in [5, 5.41) is 6.71. The zero-order valence-electron chi connectivity index (χ0n) is 6.97. The minimum Gasteiger partial charge on any atom is -0.377 e. The van der Waals surface area contributed by atoms with Crippen LogP contribution in [-0.4, -0.2) is 44.6 Å². The fourth-order valence-electron chi connectivity index (χ4n) is 0.858. The Labute approximate surface area is 77.6 Å². The van der Waals surface area contributed by atoms with Gasteiger partial charge in [-0.3, -0.25) is 0 Å². The summed E-state index contributed by atoms with van der Waals surface area (Å²) in [4.78, 5) is 0. The van der Waals surface area contributed by atoms with E-state index in [0.717, 1.165) is 13.1 Å². The first-order valence-corrected chi connectivity index (χ1v) is 4.47. The van der Waals surface area contributed by atoms with Crippen LogP contribution in [0.1, 0.15) is 0 Å². The minimum atomic E-state index is 0.661. The smallest absolute Gasteiger partial charge is 0.166 e. The molecule has 0 amide bonds. The van der Waals surface area contributed by atoms with E-state index in [1.165, 1.54) is 0 Å². The van der Waals surface area contributed by atoms with Gasteiger partial charge in [-0.1, -0.05) is 0 Å². The van der Waals surface area contributed by atoms with E-state index in [9.17, 15) is 0 Å². The second-order valence-electron chi connectivity index (χ2n) is 2.41. The molecule has 1 aliphatic rings. The number of ether oxygens (including phenoxy) is 2. The van der Waals surface area contributed by atoms with Crippen molar-refractivity contribution in [2.75, 3.05) is 39.5 Å². The average Bonchev–Trinajstić information content (AvgIpc) is 2.11. The van der Waals surface area contributed by atoms with Gasteiger partial charge in [0.2, 0.25) is 0 Å². The molecule has 4 nitrogen and oxygen atoms in total. The predicted molar refractivity (Wildman–Crippen MR) is 50.2 cm³/mol. The van der Waals surface area contributed by atoms with Crippen LogP contribution in [-0.2, 0) is 9.47 Å². The number of nitrogens with one attached hydrogen (secondary N) is 2. The van der Waals surface area contributed by atoms with Gasteiger partial charge in [0.05, 0.1) is 26.4 Å². The van der Waals surface area contributed by atoms with Crippen LogP contribution in [0.3, 0.4) is 0 Å². The molecular formula is C7H14N2O2S. The Morgan fingerprint density at radius 1 is 0.917 bits per heavy atom. The molecule has 0 saturated carbocycles. The summed E-state index contributed by atoms with van der Waals surface area (Å²) < 4.78 is 10.5. The first-order chi connectivity index (χ1) is 5.89. The van der Waals surface area contributed by atoms with Crippen LogP contribution in [0.25, 0.3) is 0 Å². The highest BCUT2D eigenvalue weighted by molar-refractivity contribution is 7.80. The molecule has 0 aromatic carbocycles. The molecule has 1 fully saturated rings. The summed E-state index contributed by atoms with van der Waals surface area (Å²) in [5.41, 5.74) is 0. The van der Waals surface area contributed by atoms with E-state index >= 15 is 0 Å². The van der Waals surface area contributed by atoms with Gasteiger partial charge in [-0.05, 0) is 12.2 Å². The van der Waals surface area contributed by atoms with E-state index in [-0.39, 0.29) is 0 Å². The molecule has 5 heteroatoms. The minimum absolute atomic E-state index is 0.661. The van der Waals surface area contributed by atoms with E-state index in [4.69, 9.17) is 21.7 Å². The van der Waals surface area contributed by atoms with Crippen LogP contribution in [0.2, 0.25) is 0 Å². The molecule has 0 atom stereocenters. The van der Waals surface area contributed by atoms with Crippen LogP contribution >= 0.6 is 12.2 Å². The van der Waals surface area contributed by atoms with Crippen molar-refractivity contribution in [3.8, 4) is 0 Å².